The maximum absolute atomic E-state index is 12.6. The standard InChI is InChI=1S/C24H36N2O3/c1-15-11-18-19-3-4-22(28)23(19,2)8-6-20(18)24(14-27)9-5-16(12-21(15)24)26-29-17-7-10-25-13-17/h12,17-21,25-27H,1,3-11,13-14H2,2H3. The van der Waals surface area contributed by atoms with Crippen molar-refractivity contribution in [2.75, 3.05) is 19.7 Å². The summed E-state index contributed by atoms with van der Waals surface area (Å²) >= 11 is 0. The molecule has 160 valence electrons. The minimum absolute atomic E-state index is 0.118. The van der Waals surface area contributed by atoms with E-state index < -0.39 is 0 Å². The van der Waals surface area contributed by atoms with Crippen LogP contribution in [0, 0.1) is 34.5 Å². The average Bonchev–Trinajstić information content (AvgIpc) is 3.35. The molecule has 4 fully saturated rings. The zero-order valence-electron chi connectivity index (χ0n) is 17.7. The van der Waals surface area contributed by atoms with Gasteiger partial charge in [-0.2, -0.15) is 0 Å². The predicted molar refractivity (Wildman–Crippen MR) is 112 cm³/mol. The van der Waals surface area contributed by atoms with Gasteiger partial charge >= 0.3 is 0 Å². The number of hydrogen-bond donors (Lipinski definition) is 3. The lowest BCUT2D eigenvalue weighted by molar-refractivity contribution is -0.136. The van der Waals surface area contributed by atoms with Crippen LogP contribution in [0.25, 0.3) is 0 Å². The maximum atomic E-state index is 12.6. The highest BCUT2D eigenvalue weighted by Gasteiger charge is 2.61. The molecule has 0 amide bonds. The molecule has 7 atom stereocenters. The van der Waals surface area contributed by atoms with Crippen LogP contribution in [0.4, 0.5) is 0 Å². The Morgan fingerprint density at radius 1 is 1.28 bits per heavy atom. The van der Waals surface area contributed by atoms with E-state index in [1.54, 1.807) is 0 Å². The minimum Gasteiger partial charge on any atom is -0.396 e. The number of nitrogens with one attached hydrogen (secondary N) is 2. The van der Waals surface area contributed by atoms with Gasteiger partial charge in [0.15, 0.2) is 0 Å². The summed E-state index contributed by atoms with van der Waals surface area (Å²) in [5, 5.41) is 14.0. The molecule has 4 aliphatic carbocycles. The van der Waals surface area contributed by atoms with Gasteiger partial charge in [-0.25, -0.2) is 0 Å². The van der Waals surface area contributed by atoms with E-state index in [1.807, 2.05) is 0 Å². The molecule has 0 spiro atoms. The van der Waals surface area contributed by atoms with Crippen molar-refractivity contribution in [2.45, 2.75) is 64.4 Å². The molecule has 5 heteroatoms. The fraction of sp³-hybridized carbons (Fsp3) is 0.792. The molecule has 1 saturated heterocycles. The third-order valence-corrected chi connectivity index (χ3v) is 9.34. The minimum atomic E-state index is -0.134. The maximum Gasteiger partial charge on any atom is 0.139 e. The van der Waals surface area contributed by atoms with Crippen LogP contribution in [0.3, 0.4) is 0 Å². The summed E-state index contributed by atoms with van der Waals surface area (Å²) in [7, 11) is 0. The second-order valence-corrected chi connectivity index (χ2v) is 10.6. The first-order chi connectivity index (χ1) is 14.0. The van der Waals surface area contributed by atoms with Gasteiger partial charge in [0.05, 0.1) is 6.10 Å². The normalized spacial score (nSPS) is 46.7. The topological polar surface area (TPSA) is 70.6 Å². The number of carbonyl (C=O) groups excluding carboxylic acids is 1. The molecule has 0 bridgehead atoms. The fourth-order valence-corrected chi connectivity index (χ4v) is 7.67. The molecule has 5 rings (SSSR count). The lowest BCUT2D eigenvalue weighted by atomic mass is 9.45. The van der Waals surface area contributed by atoms with Crippen LogP contribution in [0.1, 0.15) is 58.3 Å². The molecule has 1 heterocycles. The molecule has 7 unspecified atom stereocenters. The van der Waals surface area contributed by atoms with Gasteiger partial charge in [0.25, 0.3) is 0 Å². The Morgan fingerprint density at radius 3 is 2.90 bits per heavy atom. The first-order valence-electron chi connectivity index (χ1n) is 11.6. The van der Waals surface area contributed by atoms with Crippen molar-refractivity contribution in [2.24, 2.45) is 34.5 Å². The van der Waals surface area contributed by atoms with E-state index >= 15 is 0 Å². The summed E-state index contributed by atoms with van der Waals surface area (Å²) in [6, 6.07) is 0. The largest absolute Gasteiger partial charge is 0.396 e. The Hall–Kier alpha value is -1.17. The Bertz CT molecular complexity index is 728. The quantitative estimate of drug-likeness (QED) is 0.500. The Kier molecular flexibility index (Phi) is 4.92. The summed E-state index contributed by atoms with van der Waals surface area (Å²) in [5.41, 5.74) is 5.36. The lowest BCUT2D eigenvalue weighted by Gasteiger charge is -2.60. The van der Waals surface area contributed by atoms with Crippen molar-refractivity contribution in [1.82, 2.24) is 10.8 Å². The SMILES string of the molecule is C=C1CC2C3CCC(=O)C3(C)CCC2C2(CO)CCC(NOC3CCNC3)=CC12. The summed E-state index contributed by atoms with van der Waals surface area (Å²) < 4.78 is 0. The lowest BCUT2D eigenvalue weighted by Crippen LogP contribution is -2.56. The van der Waals surface area contributed by atoms with Gasteiger partial charge in [0.2, 0.25) is 0 Å². The van der Waals surface area contributed by atoms with Crippen LogP contribution in [0.5, 0.6) is 0 Å². The second-order valence-electron chi connectivity index (χ2n) is 10.6. The van der Waals surface area contributed by atoms with Crippen LogP contribution in [0.15, 0.2) is 23.9 Å². The Labute approximate surface area is 174 Å². The van der Waals surface area contributed by atoms with Crippen LogP contribution in [-0.2, 0) is 9.63 Å². The molecule has 0 aromatic heterocycles. The number of carbonyl (C=O) groups is 1. The van der Waals surface area contributed by atoms with E-state index in [-0.39, 0.29) is 29.5 Å². The molecule has 3 saturated carbocycles. The molecular formula is C24H36N2O3. The van der Waals surface area contributed by atoms with Crippen molar-refractivity contribution < 1.29 is 14.7 Å². The van der Waals surface area contributed by atoms with E-state index in [9.17, 15) is 9.90 Å². The molecule has 0 aromatic carbocycles. The fourth-order valence-electron chi connectivity index (χ4n) is 7.67. The zero-order valence-corrected chi connectivity index (χ0v) is 17.7. The van der Waals surface area contributed by atoms with E-state index in [2.05, 4.69) is 30.4 Å². The zero-order chi connectivity index (χ0) is 20.2. The van der Waals surface area contributed by atoms with Crippen LogP contribution >= 0.6 is 0 Å². The second kappa shape index (κ2) is 7.21. The summed E-state index contributed by atoms with van der Waals surface area (Å²) in [6.45, 7) is 8.84. The molecule has 29 heavy (non-hydrogen) atoms. The smallest absolute Gasteiger partial charge is 0.139 e. The molecule has 1 aliphatic heterocycles. The number of fused-ring (bicyclic) bond motifs is 5. The van der Waals surface area contributed by atoms with Gasteiger partial charge in [-0.1, -0.05) is 25.2 Å². The van der Waals surface area contributed by atoms with Gasteiger partial charge in [-0.05, 0) is 69.2 Å². The number of aliphatic hydroxyl groups is 1. The Balaban J connectivity index is 1.39. The van der Waals surface area contributed by atoms with Crippen molar-refractivity contribution in [1.29, 1.82) is 0 Å². The summed E-state index contributed by atoms with van der Waals surface area (Å²) in [4.78, 5) is 18.5. The highest BCUT2D eigenvalue weighted by molar-refractivity contribution is 5.87. The number of allylic oxidation sites excluding steroid dienone is 3. The molecule has 5 nitrogen and oxygen atoms in total. The summed E-state index contributed by atoms with van der Waals surface area (Å²) in [6.07, 6.45) is 10.3. The third-order valence-electron chi connectivity index (χ3n) is 9.34. The molecule has 5 aliphatic rings. The third kappa shape index (κ3) is 2.95. The van der Waals surface area contributed by atoms with Crippen LogP contribution in [-0.4, -0.2) is 36.7 Å². The highest BCUT2D eigenvalue weighted by atomic mass is 16.7. The number of hydrogen-bond acceptors (Lipinski definition) is 5. The van der Waals surface area contributed by atoms with Gasteiger partial charge in [-0.15, -0.1) is 0 Å². The Morgan fingerprint density at radius 2 is 2.14 bits per heavy atom. The number of hydroxylamine groups is 1. The monoisotopic (exact) mass is 400 g/mol. The van der Waals surface area contributed by atoms with E-state index in [0.29, 0.717) is 23.5 Å². The number of ketones is 1. The van der Waals surface area contributed by atoms with Crippen molar-refractivity contribution >= 4 is 5.78 Å². The van der Waals surface area contributed by atoms with Crippen molar-refractivity contribution in [3.63, 3.8) is 0 Å². The highest BCUT2D eigenvalue weighted by Crippen LogP contribution is 2.65. The number of aliphatic hydroxyl groups excluding tert-OH is 1. The van der Waals surface area contributed by atoms with Crippen molar-refractivity contribution in [3.05, 3.63) is 23.9 Å². The first kappa shape index (κ1) is 19.8. The molecule has 0 radical (unpaired) electrons. The molecular weight excluding hydrogens is 364 g/mol. The van der Waals surface area contributed by atoms with Gasteiger partial charge in [0.1, 0.15) is 5.78 Å². The molecule has 3 N–H and O–H groups in total. The van der Waals surface area contributed by atoms with Gasteiger partial charge < -0.3 is 10.4 Å². The molecule has 0 aromatic rings. The average molecular weight is 401 g/mol. The van der Waals surface area contributed by atoms with Gasteiger partial charge in [-0.3, -0.25) is 15.1 Å². The summed E-state index contributed by atoms with van der Waals surface area (Å²) in [5.74, 6) is 2.14. The number of rotatable bonds is 4. The van der Waals surface area contributed by atoms with Crippen molar-refractivity contribution in [3.8, 4) is 0 Å². The van der Waals surface area contributed by atoms with Crippen LogP contribution < -0.4 is 10.8 Å². The van der Waals surface area contributed by atoms with Gasteiger partial charge in [0, 0.05) is 42.0 Å². The van der Waals surface area contributed by atoms with E-state index in [4.69, 9.17) is 4.84 Å². The van der Waals surface area contributed by atoms with E-state index in [0.717, 1.165) is 70.2 Å². The predicted octanol–water partition coefficient (Wildman–Crippen LogP) is 3.11. The van der Waals surface area contributed by atoms with E-state index in [1.165, 1.54) is 5.57 Å². The first-order valence-corrected chi connectivity index (χ1v) is 11.6. The number of Topliss-reactive ketones (excluding diaryl/α,β-unsaturated/α-hetero) is 1. The van der Waals surface area contributed by atoms with Crippen LogP contribution in [0.2, 0.25) is 0 Å².